The first-order chi connectivity index (χ1) is 7.88. The van der Waals surface area contributed by atoms with Crippen LogP contribution in [0.2, 0.25) is 0 Å². The molecule has 1 atom stereocenters. The van der Waals surface area contributed by atoms with Crippen molar-refractivity contribution in [1.29, 1.82) is 0 Å². The number of ether oxygens (including phenoxy) is 1. The van der Waals surface area contributed by atoms with Gasteiger partial charge in [0.2, 0.25) is 15.9 Å². The number of hydrogen-bond acceptors (Lipinski definition) is 5. The summed E-state index contributed by atoms with van der Waals surface area (Å²) in [4.78, 5) is 14.4. The molecule has 0 aromatic carbocycles. The van der Waals surface area contributed by atoms with Crippen LogP contribution in [0, 0.1) is 0 Å². The summed E-state index contributed by atoms with van der Waals surface area (Å²) in [5, 5.41) is 7.09. The minimum atomic E-state index is -4.01. The van der Waals surface area contributed by atoms with E-state index >= 15 is 0 Å². The summed E-state index contributed by atoms with van der Waals surface area (Å²) in [6, 6.07) is 2.93. The number of nitrogens with zero attached hydrogens (tertiary/aromatic N) is 1. The summed E-state index contributed by atoms with van der Waals surface area (Å²) in [5.74, 6) is -1.35. The quantitative estimate of drug-likeness (QED) is 0.789. The van der Waals surface area contributed by atoms with Gasteiger partial charge in [0.1, 0.15) is 5.69 Å². The van der Waals surface area contributed by atoms with Gasteiger partial charge >= 0.3 is 5.97 Å². The Kier molecular flexibility index (Phi) is 3.89. The Morgan fingerprint density at radius 3 is 2.76 bits per heavy atom. The monoisotopic (exact) mass is 260 g/mol. The van der Waals surface area contributed by atoms with Gasteiger partial charge in [-0.05, 0) is 19.1 Å². The van der Waals surface area contributed by atoms with Gasteiger partial charge in [-0.3, -0.25) is 9.52 Å². The number of aliphatic carboxylic acids is 1. The molecular formula is C9H12N2O5S. The Hall–Kier alpha value is -1.83. The van der Waals surface area contributed by atoms with Crippen LogP contribution in [-0.4, -0.2) is 36.8 Å². The van der Waals surface area contributed by atoms with E-state index in [0.29, 0.717) is 0 Å². The molecule has 0 amide bonds. The van der Waals surface area contributed by atoms with Crippen molar-refractivity contribution in [3.8, 4) is 5.88 Å². The molecule has 8 heteroatoms. The molecule has 0 bridgehead atoms. The molecule has 0 saturated carbocycles. The van der Waals surface area contributed by atoms with Crippen molar-refractivity contribution < 1.29 is 23.1 Å². The van der Waals surface area contributed by atoms with Gasteiger partial charge in [-0.25, -0.2) is 13.4 Å². The van der Waals surface area contributed by atoms with Gasteiger partial charge in [0.15, 0.2) is 5.25 Å². The van der Waals surface area contributed by atoms with E-state index in [9.17, 15) is 13.2 Å². The van der Waals surface area contributed by atoms with Crippen molar-refractivity contribution in [2.75, 3.05) is 11.8 Å². The van der Waals surface area contributed by atoms with E-state index < -0.39 is 21.2 Å². The molecule has 2 N–H and O–H groups in total. The zero-order valence-electron chi connectivity index (χ0n) is 9.25. The normalized spacial score (nSPS) is 12.8. The lowest BCUT2D eigenvalue weighted by atomic mass is 10.4. The van der Waals surface area contributed by atoms with Gasteiger partial charge in [-0.1, -0.05) is 0 Å². The van der Waals surface area contributed by atoms with Gasteiger partial charge in [0, 0.05) is 6.20 Å². The number of carboxylic acids is 1. The third-order valence-corrected chi connectivity index (χ3v) is 3.67. The Balaban J connectivity index is 3.02. The maximum Gasteiger partial charge on any atom is 0.323 e. The van der Waals surface area contributed by atoms with Crippen molar-refractivity contribution >= 4 is 21.7 Å². The van der Waals surface area contributed by atoms with Crippen molar-refractivity contribution in [2.45, 2.75) is 12.2 Å². The SMILES string of the molecule is COc1ncccc1NS(=O)(=O)C(C)C(=O)O. The molecule has 0 aliphatic carbocycles. The zero-order chi connectivity index (χ0) is 13.1. The molecular weight excluding hydrogens is 248 g/mol. The Morgan fingerprint density at radius 1 is 1.59 bits per heavy atom. The fourth-order valence-electron chi connectivity index (χ4n) is 1.01. The topological polar surface area (TPSA) is 106 Å². The smallest absolute Gasteiger partial charge is 0.323 e. The molecule has 0 fully saturated rings. The molecule has 1 unspecified atom stereocenters. The van der Waals surface area contributed by atoms with Crippen LogP contribution in [0.5, 0.6) is 5.88 Å². The van der Waals surface area contributed by atoms with Crippen LogP contribution in [0.4, 0.5) is 5.69 Å². The van der Waals surface area contributed by atoms with E-state index in [1.165, 1.54) is 25.4 Å². The number of aromatic nitrogens is 1. The fraction of sp³-hybridized carbons (Fsp3) is 0.333. The zero-order valence-corrected chi connectivity index (χ0v) is 10.1. The highest BCUT2D eigenvalue weighted by molar-refractivity contribution is 7.94. The minimum Gasteiger partial charge on any atom is -0.480 e. The molecule has 1 heterocycles. The number of sulfonamides is 1. The first-order valence-corrected chi connectivity index (χ1v) is 6.16. The molecule has 17 heavy (non-hydrogen) atoms. The largest absolute Gasteiger partial charge is 0.480 e. The van der Waals surface area contributed by atoms with Crippen molar-refractivity contribution in [1.82, 2.24) is 4.98 Å². The molecule has 0 aliphatic rings. The third kappa shape index (κ3) is 3.06. The number of pyridine rings is 1. The molecule has 1 rings (SSSR count). The van der Waals surface area contributed by atoms with Crippen LogP contribution in [0.15, 0.2) is 18.3 Å². The van der Waals surface area contributed by atoms with E-state index in [2.05, 4.69) is 9.71 Å². The standard InChI is InChI=1S/C9H12N2O5S/c1-6(9(12)13)17(14,15)11-7-4-3-5-10-8(7)16-2/h3-6,11H,1-2H3,(H,12,13). The fourth-order valence-corrected chi connectivity index (χ4v) is 1.91. The Bertz CT molecular complexity index is 514. The minimum absolute atomic E-state index is 0.0775. The lowest BCUT2D eigenvalue weighted by Gasteiger charge is -2.12. The summed E-state index contributed by atoms with van der Waals surface area (Å²) in [5.41, 5.74) is 0.100. The number of anilines is 1. The van der Waals surface area contributed by atoms with E-state index in [-0.39, 0.29) is 11.6 Å². The summed E-state index contributed by atoms with van der Waals surface area (Å²) < 4.78 is 30.2. The third-order valence-electron chi connectivity index (χ3n) is 2.03. The average Bonchev–Trinajstić information content (AvgIpc) is 2.28. The van der Waals surface area contributed by atoms with Crippen molar-refractivity contribution in [3.63, 3.8) is 0 Å². The number of methoxy groups -OCH3 is 1. The summed E-state index contributed by atoms with van der Waals surface area (Å²) in [7, 11) is -2.68. The predicted octanol–water partition coefficient (Wildman–Crippen LogP) is 0.305. The summed E-state index contributed by atoms with van der Waals surface area (Å²) >= 11 is 0. The lowest BCUT2D eigenvalue weighted by molar-refractivity contribution is -0.136. The van der Waals surface area contributed by atoms with Crippen LogP contribution < -0.4 is 9.46 Å². The second-order valence-electron chi connectivity index (χ2n) is 3.19. The second-order valence-corrected chi connectivity index (χ2v) is 5.19. The number of carboxylic acid groups (broad SMARTS) is 1. The van der Waals surface area contributed by atoms with Crippen molar-refractivity contribution in [3.05, 3.63) is 18.3 Å². The highest BCUT2D eigenvalue weighted by Crippen LogP contribution is 2.22. The van der Waals surface area contributed by atoms with E-state index in [4.69, 9.17) is 9.84 Å². The first kappa shape index (κ1) is 13.2. The van der Waals surface area contributed by atoms with Gasteiger partial charge in [-0.15, -0.1) is 0 Å². The van der Waals surface area contributed by atoms with E-state index in [0.717, 1.165) is 6.92 Å². The molecule has 1 aromatic rings. The number of rotatable bonds is 5. The summed E-state index contributed by atoms with van der Waals surface area (Å²) in [6.45, 7) is 1.08. The number of hydrogen-bond donors (Lipinski definition) is 2. The Labute approximate surface area is 98.5 Å². The van der Waals surface area contributed by atoms with Gasteiger partial charge in [-0.2, -0.15) is 0 Å². The average molecular weight is 260 g/mol. The first-order valence-electron chi connectivity index (χ1n) is 4.62. The van der Waals surface area contributed by atoms with Crippen LogP contribution in [-0.2, 0) is 14.8 Å². The molecule has 0 spiro atoms. The molecule has 0 saturated heterocycles. The molecule has 0 aliphatic heterocycles. The van der Waals surface area contributed by atoms with E-state index in [1.54, 1.807) is 0 Å². The van der Waals surface area contributed by atoms with Crippen LogP contribution in [0.1, 0.15) is 6.92 Å². The molecule has 94 valence electrons. The van der Waals surface area contributed by atoms with Crippen LogP contribution in [0.3, 0.4) is 0 Å². The molecule has 0 radical (unpaired) electrons. The predicted molar refractivity (Wildman–Crippen MR) is 60.4 cm³/mol. The van der Waals surface area contributed by atoms with E-state index in [1.807, 2.05) is 0 Å². The molecule has 1 aromatic heterocycles. The Morgan fingerprint density at radius 2 is 2.24 bits per heavy atom. The maximum absolute atomic E-state index is 11.6. The highest BCUT2D eigenvalue weighted by atomic mass is 32.2. The number of carbonyl (C=O) groups is 1. The lowest BCUT2D eigenvalue weighted by Crippen LogP contribution is -2.32. The molecule has 7 nitrogen and oxygen atoms in total. The summed E-state index contributed by atoms with van der Waals surface area (Å²) in [6.07, 6.45) is 1.43. The van der Waals surface area contributed by atoms with Crippen molar-refractivity contribution in [2.24, 2.45) is 0 Å². The highest BCUT2D eigenvalue weighted by Gasteiger charge is 2.28. The van der Waals surface area contributed by atoms with Crippen LogP contribution in [0.25, 0.3) is 0 Å². The number of nitrogens with one attached hydrogen (secondary N) is 1. The van der Waals surface area contributed by atoms with Gasteiger partial charge < -0.3 is 9.84 Å². The second kappa shape index (κ2) is 5.00. The van der Waals surface area contributed by atoms with Gasteiger partial charge in [0.25, 0.3) is 0 Å². The maximum atomic E-state index is 11.6. The van der Waals surface area contributed by atoms with Crippen LogP contribution >= 0.6 is 0 Å². The van der Waals surface area contributed by atoms with Gasteiger partial charge in [0.05, 0.1) is 7.11 Å².